The van der Waals surface area contributed by atoms with Gasteiger partial charge >= 0.3 is 0 Å². The van der Waals surface area contributed by atoms with Gasteiger partial charge in [-0.15, -0.1) is 0 Å². The van der Waals surface area contributed by atoms with Crippen LogP contribution in [0.15, 0.2) is 11.6 Å². The lowest BCUT2D eigenvalue weighted by atomic mass is 9.46. The van der Waals surface area contributed by atoms with Crippen LogP contribution in [0.5, 0.6) is 0 Å². The van der Waals surface area contributed by atoms with Crippen molar-refractivity contribution in [2.75, 3.05) is 12.0 Å². The molecular weight excluding hydrogens is 328 g/mol. The van der Waals surface area contributed by atoms with Gasteiger partial charge in [0.15, 0.2) is 5.78 Å². The molecule has 138 valence electrons. The second kappa shape index (κ2) is 6.25. The van der Waals surface area contributed by atoms with E-state index in [1.165, 1.54) is 18.4 Å². The van der Waals surface area contributed by atoms with E-state index < -0.39 is 0 Å². The van der Waals surface area contributed by atoms with Crippen molar-refractivity contribution in [1.29, 1.82) is 0 Å². The molecule has 3 heteroatoms. The van der Waals surface area contributed by atoms with Crippen LogP contribution in [-0.2, 0) is 9.59 Å². The number of hydrogen-bond donors (Lipinski definition) is 0. The van der Waals surface area contributed by atoms with Gasteiger partial charge in [-0.25, -0.2) is 0 Å². The highest BCUT2D eigenvalue weighted by Gasteiger charge is 2.62. The summed E-state index contributed by atoms with van der Waals surface area (Å²) >= 11 is 1.95. The first-order valence-electron chi connectivity index (χ1n) is 10.2. The van der Waals surface area contributed by atoms with Crippen molar-refractivity contribution < 1.29 is 9.59 Å². The van der Waals surface area contributed by atoms with E-state index in [-0.39, 0.29) is 10.8 Å². The number of rotatable bonds is 3. The zero-order chi connectivity index (χ0) is 17.8. The van der Waals surface area contributed by atoms with Crippen LogP contribution >= 0.6 is 11.8 Å². The van der Waals surface area contributed by atoms with Crippen molar-refractivity contribution in [1.82, 2.24) is 0 Å². The highest BCUT2D eigenvalue weighted by Crippen LogP contribution is 2.66. The minimum Gasteiger partial charge on any atom is -0.299 e. The number of hydrogen-bond acceptors (Lipinski definition) is 3. The van der Waals surface area contributed by atoms with E-state index in [0.29, 0.717) is 35.2 Å². The molecule has 0 saturated heterocycles. The van der Waals surface area contributed by atoms with Crippen LogP contribution in [0.3, 0.4) is 0 Å². The Hall–Kier alpha value is -0.570. The Morgan fingerprint density at radius 1 is 1.20 bits per heavy atom. The maximum atomic E-state index is 12.8. The summed E-state index contributed by atoms with van der Waals surface area (Å²) in [6.07, 6.45) is 12.5. The van der Waals surface area contributed by atoms with Crippen molar-refractivity contribution in [3.63, 3.8) is 0 Å². The fourth-order valence-corrected chi connectivity index (χ4v) is 8.39. The lowest BCUT2D eigenvalue weighted by molar-refractivity contribution is -0.133. The monoisotopic (exact) mass is 360 g/mol. The molecule has 0 heterocycles. The number of carbonyl (C=O) groups is 2. The van der Waals surface area contributed by atoms with Crippen LogP contribution in [-0.4, -0.2) is 23.6 Å². The molecule has 2 nitrogen and oxygen atoms in total. The van der Waals surface area contributed by atoms with Crippen LogP contribution in [0.2, 0.25) is 0 Å². The Morgan fingerprint density at radius 3 is 2.72 bits per heavy atom. The highest BCUT2D eigenvalue weighted by molar-refractivity contribution is 7.98. The maximum absolute atomic E-state index is 12.8. The van der Waals surface area contributed by atoms with Gasteiger partial charge in [-0.3, -0.25) is 9.59 Å². The first-order chi connectivity index (χ1) is 12.0. The first kappa shape index (κ1) is 17.8. The highest BCUT2D eigenvalue weighted by atomic mass is 32.2. The molecule has 4 rings (SSSR count). The van der Waals surface area contributed by atoms with E-state index >= 15 is 0 Å². The van der Waals surface area contributed by atoms with Crippen LogP contribution in [0, 0.1) is 34.5 Å². The maximum Gasteiger partial charge on any atom is 0.155 e. The predicted octanol–water partition coefficient (Wildman–Crippen LogP) is 5.07. The predicted molar refractivity (Wildman–Crippen MR) is 104 cm³/mol. The van der Waals surface area contributed by atoms with Gasteiger partial charge in [0.05, 0.1) is 0 Å². The standard InChI is InChI=1S/C22H32O2S/c1-4-14-11-19(24)21(2)9-8-18-17(20(14)21)6-5-15-12-16(23)7-10-22(15,18)13-25-3/h12,14,17-18,20H,4-11,13H2,1-3H3/t14-,17-,18+,20+,21-,22-/m1/s1. The average Bonchev–Trinajstić information content (AvgIpc) is 2.86. The Morgan fingerprint density at radius 2 is 2.00 bits per heavy atom. The topological polar surface area (TPSA) is 34.1 Å². The zero-order valence-electron chi connectivity index (χ0n) is 16.0. The van der Waals surface area contributed by atoms with Gasteiger partial charge in [0, 0.05) is 29.4 Å². The third-order valence-corrected chi connectivity index (χ3v) is 9.26. The van der Waals surface area contributed by atoms with Gasteiger partial charge in [0.25, 0.3) is 0 Å². The van der Waals surface area contributed by atoms with Crippen molar-refractivity contribution in [2.45, 2.75) is 65.2 Å². The quantitative estimate of drug-likeness (QED) is 0.705. The molecule has 3 fully saturated rings. The zero-order valence-corrected chi connectivity index (χ0v) is 16.8. The SMILES string of the molecule is CC[C@@H]1CC(=O)[C@@]2(C)CC[C@H]3[C@@H](CCC4=CC(=O)CC[C@@]43CSC)[C@H]12. The molecular formula is C22H32O2S. The summed E-state index contributed by atoms with van der Waals surface area (Å²) in [7, 11) is 0. The molecule has 0 N–H and O–H groups in total. The number of thioether (sulfide) groups is 1. The molecule has 4 aliphatic carbocycles. The largest absolute Gasteiger partial charge is 0.299 e. The molecule has 0 unspecified atom stereocenters. The van der Waals surface area contributed by atoms with E-state index in [1.54, 1.807) is 0 Å². The second-order valence-electron chi connectivity index (χ2n) is 9.31. The summed E-state index contributed by atoms with van der Waals surface area (Å²) in [4.78, 5) is 24.9. The van der Waals surface area contributed by atoms with Gasteiger partial charge in [-0.2, -0.15) is 11.8 Å². The van der Waals surface area contributed by atoms with Gasteiger partial charge < -0.3 is 0 Å². The summed E-state index contributed by atoms with van der Waals surface area (Å²) in [6, 6.07) is 0. The van der Waals surface area contributed by atoms with E-state index in [0.717, 1.165) is 44.3 Å². The van der Waals surface area contributed by atoms with Crippen LogP contribution in [0.4, 0.5) is 0 Å². The minimum absolute atomic E-state index is 0.0614. The molecule has 0 aromatic heterocycles. The van der Waals surface area contributed by atoms with Crippen LogP contribution in [0.1, 0.15) is 65.2 Å². The van der Waals surface area contributed by atoms with E-state index in [1.807, 2.05) is 17.8 Å². The smallest absolute Gasteiger partial charge is 0.155 e. The Balaban J connectivity index is 1.75. The summed E-state index contributed by atoms with van der Waals surface area (Å²) in [6.45, 7) is 4.56. The molecule has 25 heavy (non-hydrogen) atoms. The summed E-state index contributed by atoms with van der Waals surface area (Å²) in [5, 5.41) is 0. The fraction of sp³-hybridized carbons (Fsp3) is 0.818. The number of Topliss-reactive ketones (excluding diaryl/α,β-unsaturated/α-hetero) is 1. The molecule has 0 spiro atoms. The molecule has 0 amide bonds. The van der Waals surface area contributed by atoms with E-state index in [4.69, 9.17) is 0 Å². The molecule has 3 saturated carbocycles. The molecule has 0 aromatic carbocycles. The minimum atomic E-state index is -0.0614. The fourth-order valence-electron chi connectivity index (χ4n) is 7.33. The summed E-state index contributed by atoms with van der Waals surface area (Å²) in [5.74, 6) is 4.59. The Labute approximate surface area is 156 Å². The number of ketones is 2. The van der Waals surface area contributed by atoms with Crippen molar-refractivity contribution in [3.8, 4) is 0 Å². The van der Waals surface area contributed by atoms with E-state index in [9.17, 15) is 9.59 Å². The average molecular weight is 361 g/mol. The van der Waals surface area contributed by atoms with Gasteiger partial charge in [0.2, 0.25) is 0 Å². The number of fused-ring (bicyclic) bond motifs is 5. The lowest BCUT2D eigenvalue weighted by Gasteiger charge is -2.58. The molecule has 4 aliphatic rings. The van der Waals surface area contributed by atoms with Gasteiger partial charge in [-0.05, 0) is 68.1 Å². The Bertz CT molecular complexity index is 624. The first-order valence-corrected chi connectivity index (χ1v) is 11.6. The molecule has 0 aliphatic heterocycles. The van der Waals surface area contributed by atoms with Crippen molar-refractivity contribution >= 4 is 23.3 Å². The van der Waals surface area contributed by atoms with Crippen LogP contribution in [0.25, 0.3) is 0 Å². The number of carbonyl (C=O) groups excluding carboxylic acids is 2. The molecule has 0 bridgehead atoms. The summed E-state index contributed by atoms with van der Waals surface area (Å²) in [5.41, 5.74) is 1.63. The lowest BCUT2D eigenvalue weighted by Crippen LogP contribution is -2.53. The normalized spacial score (nSPS) is 46.3. The van der Waals surface area contributed by atoms with Crippen molar-refractivity contribution in [2.24, 2.45) is 34.5 Å². The van der Waals surface area contributed by atoms with E-state index in [2.05, 4.69) is 20.1 Å². The molecule has 6 atom stereocenters. The van der Waals surface area contributed by atoms with Gasteiger partial charge in [-0.1, -0.05) is 25.8 Å². The number of allylic oxidation sites excluding steroid dienone is 1. The third kappa shape index (κ3) is 2.44. The molecule has 0 radical (unpaired) electrons. The third-order valence-electron chi connectivity index (χ3n) is 8.46. The Kier molecular flexibility index (Phi) is 4.46. The van der Waals surface area contributed by atoms with Crippen LogP contribution < -0.4 is 0 Å². The second-order valence-corrected chi connectivity index (χ2v) is 10.2. The summed E-state index contributed by atoms with van der Waals surface area (Å²) < 4.78 is 0. The van der Waals surface area contributed by atoms with Crippen molar-refractivity contribution in [3.05, 3.63) is 11.6 Å². The molecule has 0 aromatic rings. The van der Waals surface area contributed by atoms with Gasteiger partial charge in [0.1, 0.15) is 5.78 Å².